The molecule has 0 unspecified atom stereocenters. The van der Waals surface area contributed by atoms with Gasteiger partial charge in [0.2, 0.25) is 0 Å². The number of carbonyl (C=O) groups is 2. The molecule has 142 valence electrons. The standard InChI is InChI=1S/C19H11BrCl3N3O2/c20-10-1-6-17(24-9-10)26-19(28)14-7-11(21)3-5-16(14)25-18(27)13-4-2-12(22)8-15(13)23/h1-9H,(H,25,27)(H,24,26,28). The van der Waals surface area contributed by atoms with E-state index in [1.54, 1.807) is 30.5 Å². The number of nitrogens with one attached hydrogen (secondary N) is 2. The van der Waals surface area contributed by atoms with Gasteiger partial charge in [-0.1, -0.05) is 34.8 Å². The third-order valence-electron chi connectivity index (χ3n) is 3.62. The number of anilines is 2. The second-order valence-electron chi connectivity index (χ2n) is 5.58. The third kappa shape index (κ3) is 5.02. The van der Waals surface area contributed by atoms with Gasteiger partial charge in [0.1, 0.15) is 5.82 Å². The van der Waals surface area contributed by atoms with E-state index >= 15 is 0 Å². The summed E-state index contributed by atoms with van der Waals surface area (Å²) < 4.78 is 0.779. The first-order valence-electron chi connectivity index (χ1n) is 7.82. The van der Waals surface area contributed by atoms with Gasteiger partial charge in [-0.15, -0.1) is 0 Å². The average Bonchev–Trinajstić information content (AvgIpc) is 2.65. The van der Waals surface area contributed by atoms with Crippen molar-refractivity contribution in [2.75, 3.05) is 10.6 Å². The number of halogens is 4. The molecule has 2 aromatic carbocycles. The summed E-state index contributed by atoms with van der Waals surface area (Å²) in [5, 5.41) is 6.29. The van der Waals surface area contributed by atoms with Gasteiger partial charge in [0.15, 0.2) is 0 Å². The van der Waals surface area contributed by atoms with Gasteiger partial charge < -0.3 is 10.6 Å². The number of pyridine rings is 1. The molecule has 0 radical (unpaired) electrons. The minimum atomic E-state index is -0.486. The zero-order valence-corrected chi connectivity index (χ0v) is 17.8. The Morgan fingerprint density at radius 2 is 1.50 bits per heavy atom. The second-order valence-corrected chi connectivity index (χ2v) is 7.78. The number of aromatic nitrogens is 1. The van der Waals surface area contributed by atoms with E-state index in [1.807, 2.05) is 0 Å². The molecular weight excluding hydrogens is 488 g/mol. The molecule has 1 aromatic heterocycles. The highest BCUT2D eigenvalue weighted by Gasteiger charge is 2.17. The largest absolute Gasteiger partial charge is 0.321 e. The third-order valence-corrected chi connectivity index (χ3v) is 4.87. The van der Waals surface area contributed by atoms with E-state index in [-0.39, 0.29) is 21.8 Å². The molecule has 0 bridgehead atoms. The molecule has 0 aliphatic rings. The van der Waals surface area contributed by atoms with Crippen LogP contribution in [0.4, 0.5) is 11.5 Å². The molecule has 0 fully saturated rings. The van der Waals surface area contributed by atoms with E-state index in [4.69, 9.17) is 34.8 Å². The summed E-state index contributed by atoms with van der Waals surface area (Å²) in [7, 11) is 0. The summed E-state index contributed by atoms with van der Waals surface area (Å²) in [6.07, 6.45) is 1.55. The number of benzene rings is 2. The van der Waals surface area contributed by atoms with E-state index in [0.29, 0.717) is 15.9 Å². The van der Waals surface area contributed by atoms with E-state index in [9.17, 15) is 9.59 Å². The molecule has 3 rings (SSSR count). The lowest BCUT2D eigenvalue weighted by molar-refractivity contribution is 0.102. The molecule has 2 N–H and O–H groups in total. The van der Waals surface area contributed by atoms with Gasteiger partial charge in [0.25, 0.3) is 11.8 Å². The molecular formula is C19H11BrCl3N3O2. The zero-order valence-electron chi connectivity index (χ0n) is 14.0. The van der Waals surface area contributed by atoms with Crippen LogP contribution >= 0.6 is 50.7 Å². The predicted molar refractivity (Wildman–Crippen MR) is 116 cm³/mol. The maximum absolute atomic E-state index is 12.7. The Kier molecular flexibility index (Phi) is 6.57. The van der Waals surface area contributed by atoms with Crippen LogP contribution in [0.3, 0.4) is 0 Å². The number of hydrogen-bond donors (Lipinski definition) is 2. The van der Waals surface area contributed by atoms with Gasteiger partial charge in [0.05, 0.1) is 21.8 Å². The summed E-state index contributed by atoms with van der Waals surface area (Å²) in [5.74, 6) is -0.610. The molecule has 9 heteroatoms. The Morgan fingerprint density at radius 3 is 2.18 bits per heavy atom. The van der Waals surface area contributed by atoms with Crippen LogP contribution < -0.4 is 10.6 Å². The fraction of sp³-hybridized carbons (Fsp3) is 0. The number of carbonyl (C=O) groups excluding carboxylic acids is 2. The molecule has 0 aliphatic heterocycles. The summed E-state index contributed by atoms with van der Waals surface area (Å²) in [4.78, 5) is 29.4. The first-order chi connectivity index (χ1) is 13.3. The van der Waals surface area contributed by atoms with Crippen LogP contribution in [-0.4, -0.2) is 16.8 Å². The van der Waals surface area contributed by atoms with Gasteiger partial charge in [-0.25, -0.2) is 4.98 Å². The Labute approximate surface area is 184 Å². The van der Waals surface area contributed by atoms with Gasteiger partial charge in [-0.05, 0) is 64.5 Å². The molecule has 0 spiro atoms. The van der Waals surface area contributed by atoms with Crippen LogP contribution in [0.1, 0.15) is 20.7 Å². The molecule has 5 nitrogen and oxygen atoms in total. The van der Waals surface area contributed by atoms with E-state index in [2.05, 4.69) is 31.5 Å². The highest BCUT2D eigenvalue weighted by molar-refractivity contribution is 9.10. The van der Waals surface area contributed by atoms with E-state index < -0.39 is 11.8 Å². The molecule has 1 heterocycles. The van der Waals surface area contributed by atoms with Gasteiger partial charge in [-0.2, -0.15) is 0 Å². The van der Waals surface area contributed by atoms with Crippen molar-refractivity contribution in [2.45, 2.75) is 0 Å². The maximum atomic E-state index is 12.7. The van der Waals surface area contributed by atoms with Gasteiger partial charge in [0, 0.05) is 20.7 Å². The van der Waals surface area contributed by atoms with Crippen LogP contribution in [0, 0.1) is 0 Å². The topological polar surface area (TPSA) is 71.1 Å². The molecule has 2 amide bonds. The number of amides is 2. The molecule has 0 saturated carbocycles. The van der Waals surface area contributed by atoms with Gasteiger partial charge >= 0.3 is 0 Å². The van der Waals surface area contributed by atoms with Crippen LogP contribution in [0.5, 0.6) is 0 Å². The van der Waals surface area contributed by atoms with Crippen molar-refractivity contribution in [1.29, 1.82) is 0 Å². The highest BCUT2D eigenvalue weighted by atomic mass is 79.9. The SMILES string of the molecule is O=C(Nc1ccc(Cl)cc1C(=O)Nc1ccc(Br)cn1)c1ccc(Cl)cc1Cl. The van der Waals surface area contributed by atoms with Crippen LogP contribution in [0.2, 0.25) is 15.1 Å². The zero-order chi connectivity index (χ0) is 20.3. The lowest BCUT2D eigenvalue weighted by Crippen LogP contribution is -2.19. The van der Waals surface area contributed by atoms with E-state index in [1.165, 1.54) is 24.3 Å². The monoisotopic (exact) mass is 497 g/mol. The van der Waals surface area contributed by atoms with Crippen molar-refractivity contribution >= 4 is 74.1 Å². The minimum absolute atomic E-state index is 0.177. The van der Waals surface area contributed by atoms with E-state index in [0.717, 1.165) is 4.47 Å². The van der Waals surface area contributed by atoms with Crippen LogP contribution in [0.15, 0.2) is 59.2 Å². The van der Waals surface area contributed by atoms with Crippen LogP contribution in [0.25, 0.3) is 0 Å². The molecule has 0 aliphatic carbocycles. The lowest BCUT2D eigenvalue weighted by atomic mass is 10.1. The summed E-state index contributed by atoms with van der Waals surface area (Å²) in [6.45, 7) is 0. The van der Waals surface area contributed by atoms with Crippen molar-refractivity contribution in [3.05, 3.63) is 85.4 Å². The van der Waals surface area contributed by atoms with Crippen molar-refractivity contribution in [3.63, 3.8) is 0 Å². The first kappa shape index (κ1) is 20.6. The summed E-state index contributed by atoms with van der Waals surface area (Å²) >= 11 is 21.2. The highest BCUT2D eigenvalue weighted by Crippen LogP contribution is 2.25. The summed E-state index contributed by atoms with van der Waals surface area (Å²) in [5.41, 5.74) is 0.674. The number of rotatable bonds is 4. The molecule has 3 aromatic rings. The lowest BCUT2D eigenvalue weighted by Gasteiger charge is -2.12. The Balaban J connectivity index is 1.86. The van der Waals surface area contributed by atoms with Crippen LogP contribution in [-0.2, 0) is 0 Å². The van der Waals surface area contributed by atoms with Crippen molar-refractivity contribution in [2.24, 2.45) is 0 Å². The van der Waals surface area contributed by atoms with Gasteiger partial charge in [-0.3, -0.25) is 9.59 Å². The molecule has 0 saturated heterocycles. The first-order valence-corrected chi connectivity index (χ1v) is 9.75. The van der Waals surface area contributed by atoms with Crippen molar-refractivity contribution in [1.82, 2.24) is 4.98 Å². The molecule has 0 atom stereocenters. The Morgan fingerprint density at radius 1 is 0.821 bits per heavy atom. The van der Waals surface area contributed by atoms with Crippen molar-refractivity contribution in [3.8, 4) is 0 Å². The second kappa shape index (κ2) is 8.92. The maximum Gasteiger partial charge on any atom is 0.258 e. The quantitative estimate of drug-likeness (QED) is 0.442. The van der Waals surface area contributed by atoms with Crippen molar-refractivity contribution < 1.29 is 9.59 Å². The average molecular weight is 500 g/mol. The molecule has 28 heavy (non-hydrogen) atoms. The fourth-order valence-corrected chi connectivity index (χ4v) is 3.21. The Hall–Kier alpha value is -2.12. The number of nitrogens with zero attached hydrogens (tertiary/aromatic N) is 1. The predicted octanol–water partition coefficient (Wildman–Crippen LogP) is 6.31. The summed E-state index contributed by atoms with van der Waals surface area (Å²) in [6, 6.07) is 12.5. The fourth-order valence-electron chi connectivity index (χ4n) is 2.31. The number of hydrogen-bond acceptors (Lipinski definition) is 3. The minimum Gasteiger partial charge on any atom is -0.321 e. The Bertz CT molecular complexity index is 1060. The smallest absolute Gasteiger partial charge is 0.258 e. The normalized spacial score (nSPS) is 10.4.